The van der Waals surface area contributed by atoms with Gasteiger partial charge in [0, 0.05) is 6.54 Å². The van der Waals surface area contributed by atoms with Gasteiger partial charge in [-0.3, -0.25) is 9.69 Å². The second-order valence-electron chi connectivity index (χ2n) is 10.8. The number of nitrogens with zero attached hydrogens (tertiary/aromatic N) is 1. The molecule has 1 spiro atoms. The molecule has 1 fully saturated rings. The molecule has 1 saturated carbocycles. The molecule has 160 valence electrons. The van der Waals surface area contributed by atoms with Crippen LogP contribution in [0.4, 0.5) is 10.5 Å². The average Bonchev–Trinajstić information content (AvgIpc) is 2.60. The maximum Gasteiger partial charge on any atom is 0.411 e. The van der Waals surface area contributed by atoms with Gasteiger partial charge in [0.25, 0.3) is 0 Å². The van der Waals surface area contributed by atoms with Crippen LogP contribution < -0.4 is 4.90 Å². The van der Waals surface area contributed by atoms with Crippen molar-refractivity contribution in [2.75, 3.05) is 11.4 Å². The van der Waals surface area contributed by atoms with Gasteiger partial charge in [-0.25, -0.2) is 4.79 Å². The van der Waals surface area contributed by atoms with E-state index in [-0.39, 0.29) is 22.7 Å². The van der Waals surface area contributed by atoms with Crippen molar-refractivity contribution in [3.8, 4) is 0 Å². The first-order chi connectivity index (χ1) is 13.3. The second kappa shape index (κ2) is 7.33. The topological polar surface area (TPSA) is 66.8 Å². The highest BCUT2D eigenvalue weighted by Crippen LogP contribution is 2.51. The van der Waals surface area contributed by atoms with E-state index in [0.29, 0.717) is 6.54 Å². The van der Waals surface area contributed by atoms with Crippen molar-refractivity contribution in [2.45, 2.75) is 90.1 Å². The van der Waals surface area contributed by atoms with Crippen molar-refractivity contribution in [3.05, 3.63) is 29.3 Å². The van der Waals surface area contributed by atoms with Gasteiger partial charge >= 0.3 is 12.1 Å². The predicted molar refractivity (Wildman–Crippen MR) is 115 cm³/mol. The van der Waals surface area contributed by atoms with Gasteiger partial charge in [-0.2, -0.15) is 0 Å². The molecule has 0 unspecified atom stereocenters. The number of anilines is 1. The van der Waals surface area contributed by atoms with E-state index in [1.165, 1.54) is 4.90 Å². The number of carboxylic acid groups (broad SMARTS) is 1. The Balaban J connectivity index is 1.88. The molecule has 1 amide bonds. The molecular formula is C24H35NO4. The van der Waals surface area contributed by atoms with Crippen LogP contribution in [0.2, 0.25) is 0 Å². The van der Waals surface area contributed by atoms with Crippen molar-refractivity contribution < 1.29 is 19.4 Å². The number of amides is 1. The summed E-state index contributed by atoms with van der Waals surface area (Å²) in [5, 5.41) is 9.75. The van der Waals surface area contributed by atoms with Crippen molar-refractivity contribution in [1.82, 2.24) is 0 Å². The number of fused-ring (bicyclic) bond motifs is 2. The Bertz CT molecular complexity index is 792. The highest BCUT2D eigenvalue weighted by Gasteiger charge is 2.45. The van der Waals surface area contributed by atoms with Crippen molar-refractivity contribution in [1.29, 1.82) is 0 Å². The summed E-state index contributed by atoms with van der Waals surface area (Å²) in [6, 6.07) is 6.34. The highest BCUT2D eigenvalue weighted by atomic mass is 16.6. The summed E-state index contributed by atoms with van der Waals surface area (Å²) in [6.07, 6.45) is 3.29. The van der Waals surface area contributed by atoms with Crippen LogP contribution in [-0.4, -0.2) is 29.3 Å². The zero-order chi connectivity index (χ0) is 21.6. The minimum atomic E-state index is -0.894. The van der Waals surface area contributed by atoms with Crippen LogP contribution in [-0.2, 0) is 20.4 Å². The molecule has 0 radical (unpaired) electrons. The molecule has 0 bridgehead atoms. The third kappa shape index (κ3) is 4.44. The minimum absolute atomic E-state index is 0.0435. The van der Waals surface area contributed by atoms with Gasteiger partial charge in [0.05, 0.1) is 11.6 Å². The number of hydrogen-bond donors (Lipinski definition) is 1. The normalized spacial score (nSPS) is 24.9. The van der Waals surface area contributed by atoms with Gasteiger partial charge in [-0.1, -0.05) is 32.9 Å². The molecule has 1 aliphatic carbocycles. The summed E-state index contributed by atoms with van der Waals surface area (Å²) in [7, 11) is 0. The molecule has 1 heterocycles. The van der Waals surface area contributed by atoms with E-state index in [2.05, 4.69) is 39.0 Å². The smallest absolute Gasteiger partial charge is 0.411 e. The predicted octanol–water partition coefficient (Wildman–Crippen LogP) is 5.64. The van der Waals surface area contributed by atoms with Gasteiger partial charge in [0.2, 0.25) is 0 Å². The van der Waals surface area contributed by atoms with Crippen LogP contribution >= 0.6 is 0 Å². The Morgan fingerprint density at radius 2 is 1.69 bits per heavy atom. The average molecular weight is 402 g/mol. The zero-order valence-electron chi connectivity index (χ0n) is 18.7. The first-order valence-corrected chi connectivity index (χ1v) is 10.7. The summed E-state index contributed by atoms with van der Waals surface area (Å²) in [6.45, 7) is 12.6. The number of hydrogen-bond acceptors (Lipinski definition) is 3. The fourth-order valence-corrected chi connectivity index (χ4v) is 4.76. The molecule has 5 nitrogen and oxygen atoms in total. The fraction of sp³-hybridized carbons (Fsp3) is 0.667. The molecule has 0 atom stereocenters. The van der Waals surface area contributed by atoms with Crippen LogP contribution in [0.1, 0.15) is 84.8 Å². The molecule has 0 saturated heterocycles. The Hall–Kier alpha value is -2.04. The van der Waals surface area contributed by atoms with Crippen LogP contribution in [0.3, 0.4) is 0 Å². The van der Waals surface area contributed by atoms with E-state index in [9.17, 15) is 14.7 Å². The number of ether oxygens (including phenoxy) is 1. The summed E-state index contributed by atoms with van der Waals surface area (Å²) < 4.78 is 5.60. The van der Waals surface area contributed by atoms with Gasteiger partial charge in [-0.05, 0) is 80.9 Å². The number of carbonyl (C=O) groups is 2. The molecule has 1 aliphatic heterocycles. The first-order valence-electron chi connectivity index (χ1n) is 10.7. The molecule has 1 aromatic carbocycles. The Morgan fingerprint density at radius 1 is 1.07 bits per heavy atom. The lowest BCUT2D eigenvalue weighted by molar-refractivity contribution is -0.161. The van der Waals surface area contributed by atoms with E-state index >= 15 is 0 Å². The lowest BCUT2D eigenvalue weighted by Gasteiger charge is -2.46. The van der Waals surface area contributed by atoms with Crippen molar-refractivity contribution >= 4 is 17.7 Å². The van der Waals surface area contributed by atoms with Gasteiger partial charge in [-0.15, -0.1) is 0 Å². The second-order valence-corrected chi connectivity index (χ2v) is 10.8. The maximum atomic E-state index is 12.5. The summed E-state index contributed by atoms with van der Waals surface area (Å²) in [4.78, 5) is 25.9. The molecule has 0 aromatic heterocycles. The lowest BCUT2D eigenvalue weighted by atomic mass is 9.62. The van der Waals surface area contributed by atoms with E-state index < -0.39 is 11.7 Å². The van der Waals surface area contributed by atoms with E-state index in [1.54, 1.807) is 0 Å². The Kier molecular flexibility index (Phi) is 5.48. The number of esters is 1. The van der Waals surface area contributed by atoms with Crippen LogP contribution in [0.15, 0.2) is 18.2 Å². The number of benzene rings is 1. The Morgan fingerprint density at radius 3 is 2.21 bits per heavy atom. The monoisotopic (exact) mass is 401 g/mol. The highest BCUT2D eigenvalue weighted by molar-refractivity contribution is 5.88. The molecule has 1 aromatic rings. The van der Waals surface area contributed by atoms with Gasteiger partial charge < -0.3 is 9.84 Å². The molecule has 2 aliphatic rings. The van der Waals surface area contributed by atoms with Gasteiger partial charge in [0.15, 0.2) is 0 Å². The van der Waals surface area contributed by atoms with E-state index in [1.807, 2.05) is 20.8 Å². The largest absolute Gasteiger partial charge is 0.465 e. The summed E-state index contributed by atoms with van der Waals surface area (Å²) in [5.41, 5.74) is 2.54. The molecular weight excluding hydrogens is 366 g/mol. The zero-order valence-corrected chi connectivity index (χ0v) is 18.7. The van der Waals surface area contributed by atoms with E-state index in [4.69, 9.17) is 4.74 Å². The Labute approximate surface area is 174 Å². The summed E-state index contributed by atoms with van der Waals surface area (Å²) >= 11 is 0. The third-order valence-corrected chi connectivity index (χ3v) is 6.45. The van der Waals surface area contributed by atoms with E-state index in [0.717, 1.165) is 48.9 Å². The van der Waals surface area contributed by atoms with Crippen molar-refractivity contribution in [3.63, 3.8) is 0 Å². The third-order valence-electron chi connectivity index (χ3n) is 6.45. The number of rotatable bonds is 1. The van der Waals surface area contributed by atoms with Crippen LogP contribution in [0.5, 0.6) is 0 Å². The standard InChI is InChI=1S/C24H35NO4/c1-22(2,3)17-7-8-18-19(15-17)25(21(27)28)14-13-24(18)11-9-16(10-12-24)20(26)29-23(4,5)6/h7-8,15-16H,9-14H2,1-6H3,(H,27,28). The molecule has 3 rings (SSSR count). The SMILES string of the molecule is CC(C)(C)OC(=O)C1CCC2(CC1)CCN(C(=O)O)c1cc(C(C)(C)C)ccc12. The lowest BCUT2D eigenvalue weighted by Crippen LogP contribution is -2.45. The first kappa shape index (κ1) is 21.7. The van der Waals surface area contributed by atoms with Crippen LogP contribution in [0.25, 0.3) is 0 Å². The quantitative estimate of drug-likeness (QED) is 0.618. The minimum Gasteiger partial charge on any atom is -0.465 e. The molecule has 5 heteroatoms. The molecule has 1 N–H and O–H groups in total. The number of carbonyl (C=O) groups excluding carboxylic acids is 1. The molecule has 29 heavy (non-hydrogen) atoms. The van der Waals surface area contributed by atoms with Crippen LogP contribution in [0, 0.1) is 5.92 Å². The van der Waals surface area contributed by atoms with Crippen molar-refractivity contribution in [2.24, 2.45) is 5.92 Å². The van der Waals surface area contributed by atoms with Gasteiger partial charge in [0.1, 0.15) is 5.60 Å². The summed E-state index contributed by atoms with van der Waals surface area (Å²) in [5.74, 6) is -0.159. The maximum absolute atomic E-state index is 12.5. The fourth-order valence-electron chi connectivity index (χ4n) is 4.76.